The van der Waals surface area contributed by atoms with Crippen molar-refractivity contribution in [3.8, 4) is 0 Å². The van der Waals surface area contributed by atoms with E-state index in [1.54, 1.807) is 18.4 Å². The fraction of sp³-hybridized carbons (Fsp3) is 0.357. The quantitative estimate of drug-likeness (QED) is 0.806. The van der Waals surface area contributed by atoms with Crippen molar-refractivity contribution in [2.45, 2.75) is 20.4 Å². The van der Waals surface area contributed by atoms with Gasteiger partial charge in [-0.15, -0.1) is 11.3 Å². The van der Waals surface area contributed by atoms with E-state index in [0.717, 1.165) is 17.9 Å². The molecule has 0 bridgehead atoms. The van der Waals surface area contributed by atoms with Gasteiger partial charge in [0, 0.05) is 23.3 Å². The standard InChI is InChI=1S/C14H18N2O2S/c1-10-8-13(14(17)15(3)18-4)11(2)16(10)9-12-6-5-7-19-12/h5-8H,9H2,1-4H3. The van der Waals surface area contributed by atoms with E-state index in [0.29, 0.717) is 5.56 Å². The van der Waals surface area contributed by atoms with Crippen LogP contribution in [0.1, 0.15) is 26.6 Å². The molecule has 0 N–H and O–H groups in total. The van der Waals surface area contributed by atoms with Crippen LogP contribution in [0.5, 0.6) is 0 Å². The zero-order valence-corrected chi connectivity index (χ0v) is 12.5. The molecule has 0 aliphatic heterocycles. The maximum atomic E-state index is 12.2. The zero-order chi connectivity index (χ0) is 14.0. The Kier molecular flexibility index (Phi) is 4.07. The van der Waals surface area contributed by atoms with E-state index in [9.17, 15) is 4.79 Å². The van der Waals surface area contributed by atoms with Crippen molar-refractivity contribution in [1.29, 1.82) is 0 Å². The fourth-order valence-electron chi connectivity index (χ4n) is 2.07. The normalized spacial score (nSPS) is 10.7. The molecule has 0 saturated heterocycles. The lowest BCUT2D eigenvalue weighted by atomic mass is 10.2. The second kappa shape index (κ2) is 5.59. The van der Waals surface area contributed by atoms with E-state index in [1.165, 1.54) is 17.1 Å². The monoisotopic (exact) mass is 278 g/mol. The maximum Gasteiger partial charge on any atom is 0.278 e. The van der Waals surface area contributed by atoms with Crippen LogP contribution in [0.2, 0.25) is 0 Å². The maximum absolute atomic E-state index is 12.2. The van der Waals surface area contributed by atoms with E-state index in [-0.39, 0.29) is 5.91 Å². The lowest BCUT2D eigenvalue weighted by molar-refractivity contribution is -0.0757. The van der Waals surface area contributed by atoms with E-state index in [1.807, 2.05) is 26.0 Å². The van der Waals surface area contributed by atoms with Crippen LogP contribution in [0, 0.1) is 13.8 Å². The molecule has 1 amide bonds. The molecule has 102 valence electrons. The van der Waals surface area contributed by atoms with Crippen LogP contribution in [-0.4, -0.2) is 29.7 Å². The van der Waals surface area contributed by atoms with Gasteiger partial charge in [-0.05, 0) is 31.4 Å². The van der Waals surface area contributed by atoms with Crippen LogP contribution in [0.25, 0.3) is 0 Å². The van der Waals surface area contributed by atoms with Gasteiger partial charge in [-0.25, -0.2) is 5.06 Å². The molecule has 4 nitrogen and oxygen atoms in total. The van der Waals surface area contributed by atoms with Crippen molar-refractivity contribution >= 4 is 17.2 Å². The smallest absolute Gasteiger partial charge is 0.278 e. The Morgan fingerprint density at radius 1 is 1.47 bits per heavy atom. The minimum absolute atomic E-state index is 0.118. The highest BCUT2D eigenvalue weighted by atomic mass is 32.1. The second-order valence-electron chi connectivity index (χ2n) is 4.44. The summed E-state index contributed by atoms with van der Waals surface area (Å²) < 4.78 is 2.16. The summed E-state index contributed by atoms with van der Waals surface area (Å²) in [5.41, 5.74) is 2.75. The van der Waals surface area contributed by atoms with E-state index in [2.05, 4.69) is 16.0 Å². The minimum Gasteiger partial charge on any atom is -0.343 e. The number of nitrogens with zero attached hydrogens (tertiary/aromatic N) is 2. The van der Waals surface area contributed by atoms with Gasteiger partial charge in [0.15, 0.2) is 0 Å². The first-order valence-corrected chi connectivity index (χ1v) is 6.93. The number of rotatable bonds is 4. The van der Waals surface area contributed by atoms with Gasteiger partial charge < -0.3 is 4.57 Å². The summed E-state index contributed by atoms with van der Waals surface area (Å²) in [7, 11) is 3.11. The van der Waals surface area contributed by atoms with Gasteiger partial charge in [-0.1, -0.05) is 6.07 Å². The van der Waals surface area contributed by atoms with Crippen molar-refractivity contribution in [1.82, 2.24) is 9.63 Å². The largest absolute Gasteiger partial charge is 0.343 e. The molecule has 2 rings (SSSR count). The molecule has 0 spiro atoms. The SMILES string of the molecule is CON(C)C(=O)c1cc(C)n(Cc2cccs2)c1C. The van der Waals surface area contributed by atoms with Crippen molar-refractivity contribution in [2.24, 2.45) is 0 Å². The number of hydrogen-bond acceptors (Lipinski definition) is 3. The van der Waals surface area contributed by atoms with Gasteiger partial charge in [0.1, 0.15) is 0 Å². The molecule has 5 heteroatoms. The van der Waals surface area contributed by atoms with Crippen molar-refractivity contribution in [3.05, 3.63) is 45.4 Å². The number of hydroxylamine groups is 2. The number of carbonyl (C=O) groups excluding carboxylic acids is 1. The molecule has 2 heterocycles. The topological polar surface area (TPSA) is 34.5 Å². The molecule has 0 aromatic carbocycles. The molecule has 0 unspecified atom stereocenters. The Morgan fingerprint density at radius 2 is 2.21 bits per heavy atom. The van der Waals surface area contributed by atoms with Crippen LogP contribution < -0.4 is 0 Å². The van der Waals surface area contributed by atoms with Crippen LogP contribution in [0.15, 0.2) is 23.6 Å². The summed E-state index contributed by atoms with van der Waals surface area (Å²) in [6, 6.07) is 6.06. The summed E-state index contributed by atoms with van der Waals surface area (Å²) in [5, 5.41) is 3.31. The molecule has 0 aliphatic carbocycles. The summed E-state index contributed by atoms with van der Waals surface area (Å²) in [5.74, 6) is -0.118. The van der Waals surface area contributed by atoms with Crippen LogP contribution in [0.3, 0.4) is 0 Å². The lowest BCUT2D eigenvalue weighted by Crippen LogP contribution is -2.25. The molecular weight excluding hydrogens is 260 g/mol. The number of thiophene rings is 1. The van der Waals surface area contributed by atoms with Gasteiger partial charge in [-0.3, -0.25) is 9.63 Å². The number of amides is 1. The van der Waals surface area contributed by atoms with Gasteiger partial charge in [0.05, 0.1) is 19.2 Å². The molecule has 0 radical (unpaired) electrons. The lowest BCUT2D eigenvalue weighted by Gasteiger charge is -2.14. The van der Waals surface area contributed by atoms with Crippen molar-refractivity contribution in [3.63, 3.8) is 0 Å². The number of carbonyl (C=O) groups is 1. The fourth-order valence-corrected chi connectivity index (χ4v) is 2.76. The Hall–Kier alpha value is -1.59. The van der Waals surface area contributed by atoms with E-state index < -0.39 is 0 Å². The number of aryl methyl sites for hydroxylation is 1. The third-order valence-corrected chi connectivity index (χ3v) is 4.12. The highest BCUT2D eigenvalue weighted by Gasteiger charge is 2.19. The summed E-state index contributed by atoms with van der Waals surface area (Å²) >= 11 is 1.72. The summed E-state index contributed by atoms with van der Waals surface area (Å²) in [6.45, 7) is 4.79. The van der Waals surface area contributed by atoms with Gasteiger partial charge in [-0.2, -0.15) is 0 Å². The Labute approximate surface area is 117 Å². The first kappa shape index (κ1) is 13.8. The Morgan fingerprint density at radius 3 is 2.79 bits per heavy atom. The summed E-state index contributed by atoms with van der Waals surface area (Å²) in [6.07, 6.45) is 0. The first-order valence-electron chi connectivity index (χ1n) is 6.06. The van der Waals surface area contributed by atoms with Gasteiger partial charge in [0.25, 0.3) is 5.91 Å². The van der Waals surface area contributed by atoms with E-state index >= 15 is 0 Å². The first-order chi connectivity index (χ1) is 9.04. The predicted molar refractivity (Wildman–Crippen MR) is 76.4 cm³/mol. The van der Waals surface area contributed by atoms with Crippen LogP contribution >= 0.6 is 11.3 Å². The predicted octanol–water partition coefficient (Wildman–Crippen LogP) is 2.85. The third-order valence-electron chi connectivity index (χ3n) is 3.26. The number of hydrogen-bond donors (Lipinski definition) is 0. The molecule has 2 aromatic heterocycles. The third kappa shape index (κ3) is 2.72. The molecular formula is C14H18N2O2S. The van der Waals surface area contributed by atoms with Gasteiger partial charge in [0.2, 0.25) is 0 Å². The van der Waals surface area contributed by atoms with Crippen LogP contribution in [0.4, 0.5) is 0 Å². The molecule has 0 saturated carbocycles. The molecule has 19 heavy (non-hydrogen) atoms. The average molecular weight is 278 g/mol. The Balaban J connectivity index is 2.32. The molecule has 0 fully saturated rings. The minimum atomic E-state index is -0.118. The zero-order valence-electron chi connectivity index (χ0n) is 11.6. The van der Waals surface area contributed by atoms with E-state index in [4.69, 9.17) is 4.84 Å². The highest BCUT2D eigenvalue weighted by Crippen LogP contribution is 2.20. The van der Waals surface area contributed by atoms with Gasteiger partial charge >= 0.3 is 0 Å². The van der Waals surface area contributed by atoms with Crippen molar-refractivity contribution in [2.75, 3.05) is 14.2 Å². The average Bonchev–Trinajstić information content (AvgIpc) is 3.00. The molecule has 2 aromatic rings. The van der Waals surface area contributed by atoms with Crippen LogP contribution in [-0.2, 0) is 11.4 Å². The summed E-state index contributed by atoms with van der Waals surface area (Å²) in [4.78, 5) is 18.4. The second-order valence-corrected chi connectivity index (χ2v) is 5.47. The highest BCUT2D eigenvalue weighted by molar-refractivity contribution is 7.09. The number of aromatic nitrogens is 1. The molecule has 0 aliphatic rings. The molecule has 0 atom stereocenters. The Bertz CT molecular complexity index is 573. The van der Waals surface area contributed by atoms with Crippen molar-refractivity contribution < 1.29 is 9.63 Å².